The van der Waals surface area contributed by atoms with Crippen LogP contribution in [-0.4, -0.2) is 25.0 Å². The lowest BCUT2D eigenvalue weighted by Gasteiger charge is -2.11. The van der Waals surface area contributed by atoms with Crippen LogP contribution in [0.5, 0.6) is 0 Å². The van der Waals surface area contributed by atoms with Gasteiger partial charge in [0.2, 0.25) is 5.91 Å². The number of hydrogen-bond donors (Lipinski definition) is 2. The molecule has 1 amide bonds. The average Bonchev–Trinajstić information content (AvgIpc) is 3.13. The molecule has 0 bridgehead atoms. The number of hydrogen-bond acceptors (Lipinski definition) is 2. The molecule has 1 aliphatic rings. The molecule has 126 valence electrons. The van der Waals surface area contributed by atoms with E-state index in [2.05, 4.69) is 34.9 Å². The van der Waals surface area contributed by atoms with E-state index in [0.29, 0.717) is 16.6 Å². The second kappa shape index (κ2) is 8.02. The molecule has 1 unspecified atom stereocenters. The zero-order valence-electron chi connectivity index (χ0n) is 13.3. The molecule has 0 spiro atoms. The molecule has 1 heterocycles. The largest absolute Gasteiger partial charge is 0.354 e. The first-order valence-corrected chi connectivity index (χ1v) is 8.94. The Morgan fingerprint density at radius 2 is 1.83 bits per heavy atom. The highest BCUT2D eigenvalue weighted by molar-refractivity contribution is 6.42. The number of benzene rings is 2. The Morgan fingerprint density at radius 1 is 1.08 bits per heavy atom. The molecule has 0 radical (unpaired) electrons. The summed E-state index contributed by atoms with van der Waals surface area (Å²) in [4.78, 5) is 11.9. The van der Waals surface area contributed by atoms with Crippen molar-refractivity contribution in [2.45, 2.75) is 25.3 Å². The zero-order chi connectivity index (χ0) is 16.9. The summed E-state index contributed by atoms with van der Waals surface area (Å²) in [7, 11) is 0. The van der Waals surface area contributed by atoms with E-state index in [4.69, 9.17) is 23.2 Å². The van der Waals surface area contributed by atoms with Gasteiger partial charge in [0.15, 0.2) is 0 Å². The first kappa shape index (κ1) is 17.3. The van der Waals surface area contributed by atoms with Crippen molar-refractivity contribution in [2.24, 2.45) is 0 Å². The molecule has 1 aliphatic heterocycles. The normalized spacial score (nSPS) is 17.0. The van der Waals surface area contributed by atoms with Crippen molar-refractivity contribution in [3.05, 3.63) is 58.1 Å². The Labute approximate surface area is 152 Å². The maximum atomic E-state index is 11.9. The molecule has 3 rings (SSSR count). The summed E-state index contributed by atoms with van der Waals surface area (Å²) >= 11 is 12.0. The second-order valence-electron chi connectivity index (χ2n) is 6.02. The summed E-state index contributed by atoms with van der Waals surface area (Å²) in [5, 5.41) is 7.32. The van der Waals surface area contributed by atoms with Gasteiger partial charge in [-0.15, -0.1) is 0 Å². The Balaban J connectivity index is 1.54. The van der Waals surface area contributed by atoms with E-state index >= 15 is 0 Å². The zero-order valence-corrected chi connectivity index (χ0v) is 14.8. The average molecular weight is 363 g/mol. The third-order valence-electron chi connectivity index (χ3n) is 4.30. The summed E-state index contributed by atoms with van der Waals surface area (Å²) in [6.45, 7) is 1.59. The van der Waals surface area contributed by atoms with Crippen molar-refractivity contribution in [2.75, 3.05) is 13.1 Å². The summed E-state index contributed by atoms with van der Waals surface area (Å²) in [6, 6.07) is 13.9. The lowest BCUT2D eigenvalue weighted by molar-refractivity contribution is -0.122. The Hall–Kier alpha value is -1.55. The van der Waals surface area contributed by atoms with Gasteiger partial charge in [-0.25, -0.2) is 0 Å². The van der Waals surface area contributed by atoms with Crippen LogP contribution in [0.2, 0.25) is 10.0 Å². The van der Waals surface area contributed by atoms with Gasteiger partial charge < -0.3 is 10.6 Å². The van der Waals surface area contributed by atoms with Gasteiger partial charge in [0, 0.05) is 6.54 Å². The molecule has 3 nitrogen and oxygen atoms in total. The minimum atomic E-state index is -0.0120. The molecular formula is C19H20Cl2N2O. The minimum Gasteiger partial charge on any atom is -0.354 e. The highest BCUT2D eigenvalue weighted by atomic mass is 35.5. The van der Waals surface area contributed by atoms with Gasteiger partial charge >= 0.3 is 0 Å². The smallest absolute Gasteiger partial charge is 0.237 e. The molecule has 0 aromatic heterocycles. The number of rotatable bonds is 5. The van der Waals surface area contributed by atoms with Crippen molar-refractivity contribution < 1.29 is 4.79 Å². The fraction of sp³-hybridized carbons (Fsp3) is 0.316. The first-order valence-electron chi connectivity index (χ1n) is 8.19. The first-order chi connectivity index (χ1) is 11.6. The van der Waals surface area contributed by atoms with Crippen LogP contribution in [0.25, 0.3) is 11.1 Å². The molecule has 0 saturated carbocycles. The maximum Gasteiger partial charge on any atom is 0.237 e. The van der Waals surface area contributed by atoms with Crippen LogP contribution in [0.4, 0.5) is 0 Å². The van der Waals surface area contributed by atoms with E-state index in [9.17, 15) is 4.79 Å². The molecule has 5 heteroatoms. The van der Waals surface area contributed by atoms with Gasteiger partial charge in [0.25, 0.3) is 0 Å². The quantitative estimate of drug-likeness (QED) is 0.841. The summed E-state index contributed by atoms with van der Waals surface area (Å²) < 4.78 is 0. The van der Waals surface area contributed by atoms with Crippen LogP contribution >= 0.6 is 23.2 Å². The van der Waals surface area contributed by atoms with Gasteiger partial charge in [0.05, 0.1) is 16.1 Å². The standard InChI is InChI=1S/C19H20Cl2N2O/c20-16-8-7-15(12-17(16)21)14-5-3-13(4-6-14)9-11-23-19(24)18-2-1-10-22-18/h3-8,12,18,22H,1-2,9-11H2,(H,23,24). The molecule has 0 aliphatic carbocycles. The lowest BCUT2D eigenvalue weighted by atomic mass is 10.0. The summed E-state index contributed by atoms with van der Waals surface area (Å²) in [6.07, 6.45) is 2.83. The van der Waals surface area contributed by atoms with E-state index in [-0.39, 0.29) is 11.9 Å². The van der Waals surface area contributed by atoms with E-state index in [1.807, 2.05) is 12.1 Å². The fourth-order valence-corrected chi connectivity index (χ4v) is 3.20. The topological polar surface area (TPSA) is 41.1 Å². The SMILES string of the molecule is O=C(NCCc1ccc(-c2ccc(Cl)c(Cl)c2)cc1)C1CCCN1. The van der Waals surface area contributed by atoms with Gasteiger partial charge in [-0.1, -0.05) is 53.5 Å². The van der Waals surface area contributed by atoms with Crippen LogP contribution in [0, 0.1) is 0 Å². The third kappa shape index (κ3) is 4.29. The van der Waals surface area contributed by atoms with E-state index < -0.39 is 0 Å². The van der Waals surface area contributed by atoms with Crippen molar-refractivity contribution in [3.8, 4) is 11.1 Å². The lowest BCUT2D eigenvalue weighted by Crippen LogP contribution is -2.41. The van der Waals surface area contributed by atoms with Crippen LogP contribution in [-0.2, 0) is 11.2 Å². The minimum absolute atomic E-state index is 0.0120. The fourth-order valence-electron chi connectivity index (χ4n) is 2.90. The monoisotopic (exact) mass is 362 g/mol. The number of carbonyl (C=O) groups excluding carboxylic acids is 1. The highest BCUT2D eigenvalue weighted by Gasteiger charge is 2.21. The van der Waals surface area contributed by atoms with Crippen molar-refractivity contribution in [1.29, 1.82) is 0 Å². The Kier molecular flexibility index (Phi) is 5.77. The molecule has 1 saturated heterocycles. The molecule has 2 N–H and O–H groups in total. The van der Waals surface area contributed by atoms with Gasteiger partial charge in [0.1, 0.15) is 0 Å². The predicted molar refractivity (Wildman–Crippen MR) is 99.6 cm³/mol. The van der Waals surface area contributed by atoms with E-state index in [0.717, 1.165) is 36.9 Å². The molecule has 24 heavy (non-hydrogen) atoms. The third-order valence-corrected chi connectivity index (χ3v) is 5.04. The maximum absolute atomic E-state index is 11.9. The van der Waals surface area contributed by atoms with Crippen LogP contribution in [0.15, 0.2) is 42.5 Å². The molecule has 2 aromatic carbocycles. The van der Waals surface area contributed by atoms with Gasteiger partial charge in [-0.05, 0) is 54.6 Å². The summed E-state index contributed by atoms with van der Waals surface area (Å²) in [5.41, 5.74) is 3.33. The van der Waals surface area contributed by atoms with Crippen molar-refractivity contribution in [3.63, 3.8) is 0 Å². The van der Waals surface area contributed by atoms with Crippen molar-refractivity contribution >= 4 is 29.1 Å². The van der Waals surface area contributed by atoms with E-state index in [1.54, 1.807) is 6.07 Å². The number of amides is 1. The van der Waals surface area contributed by atoms with Crippen LogP contribution in [0.1, 0.15) is 18.4 Å². The number of carbonyl (C=O) groups is 1. The van der Waals surface area contributed by atoms with Gasteiger partial charge in [-0.3, -0.25) is 4.79 Å². The second-order valence-corrected chi connectivity index (χ2v) is 6.83. The Morgan fingerprint density at radius 3 is 2.50 bits per heavy atom. The number of halogens is 2. The van der Waals surface area contributed by atoms with Gasteiger partial charge in [-0.2, -0.15) is 0 Å². The predicted octanol–water partition coefficient (Wildman–Crippen LogP) is 4.07. The molecule has 1 fully saturated rings. The van der Waals surface area contributed by atoms with Crippen molar-refractivity contribution in [1.82, 2.24) is 10.6 Å². The molecule has 2 aromatic rings. The molecular weight excluding hydrogens is 343 g/mol. The summed E-state index contributed by atoms with van der Waals surface area (Å²) in [5.74, 6) is 0.111. The Bertz CT molecular complexity index is 710. The van der Waals surface area contributed by atoms with E-state index in [1.165, 1.54) is 5.56 Å². The highest BCUT2D eigenvalue weighted by Crippen LogP contribution is 2.28. The van der Waals surface area contributed by atoms with Crippen LogP contribution < -0.4 is 10.6 Å². The number of nitrogens with one attached hydrogen (secondary N) is 2. The molecule has 1 atom stereocenters. The van der Waals surface area contributed by atoms with Crippen LogP contribution in [0.3, 0.4) is 0 Å².